The van der Waals surface area contributed by atoms with Crippen LogP contribution in [0.3, 0.4) is 0 Å². The first-order chi connectivity index (χ1) is 16.5. The number of carbonyl (C=O) groups excluding carboxylic acids is 1. The molecular formula is C24H27ClFN5O3. The summed E-state index contributed by atoms with van der Waals surface area (Å²) < 4.78 is 25.9. The van der Waals surface area contributed by atoms with Gasteiger partial charge >= 0.3 is 0 Å². The van der Waals surface area contributed by atoms with Gasteiger partial charge in [0.2, 0.25) is 5.91 Å². The van der Waals surface area contributed by atoms with Gasteiger partial charge in [-0.1, -0.05) is 11.6 Å². The summed E-state index contributed by atoms with van der Waals surface area (Å²) in [6, 6.07) is 7.97. The Kier molecular flexibility index (Phi) is 7.64. The number of nitrogens with one attached hydrogen (secondary N) is 2. The lowest BCUT2D eigenvalue weighted by atomic mass is 9.98. The molecule has 1 aliphatic rings. The predicted molar refractivity (Wildman–Crippen MR) is 130 cm³/mol. The summed E-state index contributed by atoms with van der Waals surface area (Å²) in [6.45, 7) is 2.33. The average molecular weight is 488 g/mol. The number of carbonyl (C=O) groups is 1. The van der Waals surface area contributed by atoms with Crippen molar-refractivity contribution in [3.63, 3.8) is 0 Å². The number of anilines is 2. The van der Waals surface area contributed by atoms with E-state index in [1.807, 2.05) is 4.90 Å². The maximum atomic E-state index is 14.3. The number of aromatic nitrogens is 2. The molecule has 1 saturated heterocycles. The maximum absolute atomic E-state index is 14.3. The largest absolute Gasteiger partial charge is 0.493 e. The number of nitrogens with zero attached hydrogens (tertiary/aromatic N) is 3. The first-order valence-corrected chi connectivity index (χ1v) is 11.5. The molecule has 2 heterocycles. The SMILES string of the molecule is CNCC(=O)N1CCC(COc2cc3ncnc(Nc4ccc(Cl)cc4F)c3cc2OC)CC1. The lowest BCUT2D eigenvalue weighted by molar-refractivity contribution is -0.131. The van der Waals surface area contributed by atoms with Gasteiger partial charge in [0.25, 0.3) is 0 Å². The number of hydrogen-bond donors (Lipinski definition) is 2. The lowest BCUT2D eigenvalue weighted by Crippen LogP contribution is -2.43. The van der Waals surface area contributed by atoms with Crippen molar-refractivity contribution < 1.29 is 18.7 Å². The van der Waals surface area contributed by atoms with Crippen molar-refractivity contribution in [1.29, 1.82) is 0 Å². The number of likely N-dealkylation sites (tertiary alicyclic amines) is 1. The minimum absolute atomic E-state index is 0.126. The molecule has 1 fully saturated rings. The van der Waals surface area contributed by atoms with E-state index in [9.17, 15) is 9.18 Å². The van der Waals surface area contributed by atoms with E-state index in [0.717, 1.165) is 25.9 Å². The lowest BCUT2D eigenvalue weighted by Gasteiger charge is -2.32. The minimum Gasteiger partial charge on any atom is -0.493 e. The van der Waals surface area contributed by atoms with Crippen molar-refractivity contribution in [3.05, 3.63) is 47.5 Å². The zero-order chi connectivity index (χ0) is 24.1. The highest BCUT2D eigenvalue weighted by molar-refractivity contribution is 6.30. The van der Waals surface area contributed by atoms with Crippen LogP contribution in [0.2, 0.25) is 5.02 Å². The van der Waals surface area contributed by atoms with E-state index >= 15 is 0 Å². The van der Waals surface area contributed by atoms with Gasteiger partial charge in [0.05, 0.1) is 31.5 Å². The van der Waals surface area contributed by atoms with Gasteiger partial charge in [-0.2, -0.15) is 0 Å². The molecule has 34 heavy (non-hydrogen) atoms. The Labute approximate surface area is 202 Å². The van der Waals surface area contributed by atoms with Gasteiger partial charge in [0.15, 0.2) is 11.5 Å². The second-order valence-corrected chi connectivity index (χ2v) is 8.59. The monoisotopic (exact) mass is 487 g/mol. The van der Waals surface area contributed by atoms with Crippen LogP contribution >= 0.6 is 11.6 Å². The molecule has 10 heteroatoms. The van der Waals surface area contributed by atoms with Crippen LogP contribution in [-0.2, 0) is 4.79 Å². The number of ether oxygens (including phenoxy) is 2. The van der Waals surface area contributed by atoms with E-state index < -0.39 is 5.82 Å². The zero-order valence-electron chi connectivity index (χ0n) is 19.1. The highest BCUT2D eigenvalue weighted by Crippen LogP contribution is 2.35. The Morgan fingerprint density at radius 2 is 2.00 bits per heavy atom. The molecule has 8 nitrogen and oxygen atoms in total. The zero-order valence-corrected chi connectivity index (χ0v) is 19.9. The van der Waals surface area contributed by atoms with Gasteiger partial charge in [-0.3, -0.25) is 4.79 Å². The summed E-state index contributed by atoms with van der Waals surface area (Å²) >= 11 is 5.85. The number of piperidine rings is 1. The third-order valence-corrected chi connectivity index (χ3v) is 6.11. The standard InChI is InChI=1S/C24H27ClFN5O3/c1-27-12-23(32)31-7-5-15(6-8-31)13-34-22-11-20-17(10-21(22)33-2)24(29-14-28-20)30-19-4-3-16(25)9-18(19)26/h3-4,9-11,14-15,27H,5-8,12-13H2,1-2H3,(H,28,29,30). The van der Waals surface area contributed by atoms with Crippen LogP contribution in [0.15, 0.2) is 36.7 Å². The van der Waals surface area contributed by atoms with Crippen molar-refractivity contribution in [1.82, 2.24) is 20.2 Å². The third kappa shape index (κ3) is 5.48. The van der Waals surface area contributed by atoms with Crippen LogP contribution < -0.4 is 20.1 Å². The molecule has 0 unspecified atom stereocenters. The first-order valence-electron chi connectivity index (χ1n) is 11.1. The number of amides is 1. The van der Waals surface area contributed by atoms with E-state index in [-0.39, 0.29) is 11.6 Å². The van der Waals surface area contributed by atoms with Gasteiger partial charge in [-0.25, -0.2) is 14.4 Å². The van der Waals surface area contributed by atoms with Crippen molar-refractivity contribution in [2.24, 2.45) is 5.92 Å². The average Bonchev–Trinajstić information content (AvgIpc) is 2.84. The second-order valence-electron chi connectivity index (χ2n) is 8.16. The molecule has 2 aromatic carbocycles. The van der Waals surface area contributed by atoms with Crippen LogP contribution in [0.5, 0.6) is 11.5 Å². The molecule has 2 N–H and O–H groups in total. The van der Waals surface area contributed by atoms with Gasteiger partial charge in [-0.05, 0) is 50.1 Å². The molecular weight excluding hydrogens is 461 g/mol. The van der Waals surface area contributed by atoms with E-state index in [2.05, 4.69) is 20.6 Å². The second kappa shape index (κ2) is 10.8. The fourth-order valence-corrected chi connectivity index (χ4v) is 4.13. The van der Waals surface area contributed by atoms with Gasteiger partial charge in [-0.15, -0.1) is 0 Å². The summed E-state index contributed by atoms with van der Waals surface area (Å²) in [7, 11) is 3.34. The number of methoxy groups -OCH3 is 1. The van der Waals surface area contributed by atoms with Gasteiger partial charge in [0.1, 0.15) is 18.0 Å². The Bertz CT molecular complexity index is 1170. The summed E-state index contributed by atoms with van der Waals surface area (Å²) in [5.74, 6) is 1.53. The summed E-state index contributed by atoms with van der Waals surface area (Å²) in [4.78, 5) is 22.5. The number of likely N-dealkylation sites (N-methyl/N-ethyl adjacent to an activating group) is 1. The molecule has 0 saturated carbocycles. The molecule has 0 atom stereocenters. The molecule has 1 amide bonds. The summed E-state index contributed by atoms with van der Waals surface area (Å²) in [5.41, 5.74) is 0.887. The Morgan fingerprint density at radius 3 is 2.71 bits per heavy atom. The number of fused-ring (bicyclic) bond motifs is 1. The molecule has 180 valence electrons. The van der Waals surface area contributed by atoms with E-state index in [0.29, 0.717) is 52.3 Å². The molecule has 4 rings (SSSR count). The molecule has 1 aromatic heterocycles. The van der Waals surface area contributed by atoms with Crippen molar-refractivity contribution in [2.75, 3.05) is 45.7 Å². The number of benzene rings is 2. The predicted octanol–water partition coefficient (Wildman–Crippen LogP) is 4.01. The smallest absolute Gasteiger partial charge is 0.236 e. The Hall–Kier alpha value is -3.17. The highest BCUT2D eigenvalue weighted by atomic mass is 35.5. The topological polar surface area (TPSA) is 88.6 Å². The van der Waals surface area contributed by atoms with Crippen molar-refractivity contribution in [2.45, 2.75) is 12.8 Å². The highest BCUT2D eigenvalue weighted by Gasteiger charge is 2.23. The van der Waals surface area contributed by atoms with Gasteiger partial charge < -0.3 is 25.0 Å². The van der Waals surface area contributed by atoms with Crippen LogP contribution in [0.25, 0.3) is 10.9 Å². The van der Waals surface area contributed by atoms with Crippen LogP contribution in [0.4, 0.5) is 15.9 Å². The van der Waals surface area contributed by atoms with E-state index in [1.165, 1.54) is 12.4 Å². The van der Waals surface area contributed by atoms with Crippen LogP contribution in [-0.4, -0.2) is 61.2 Å². The minimum atomic E-state index is -0.482. The van der Waals surface area contributed by atoms with Crippen LogP contribution in [0.1, 0.15) is 12.8 Å². The summed E-state index contributed by atoms with van der Waals surface area (Å²) in [6.07, 6.45) is 3.18. The van der Waals surface area contributed by atoms with E-state index in [4.69, 9.17) is 21.1 Å². The first kappa shape index (κ1) is 24.0. The molecule has 0 spiro atoms. The van der Waals surface area contributed by atoms with Crippen molar-refractivity contribution in [3.8, 4) is 11.5 Å². The maximum Gasteiger partial charge on any atom is 0.236 e. The third-order valence-electron chi connectivity index (χ3n) is 5.87. The summed E-state index contributed by atoms with van der Waals surface area (Å²) in [5, 5.41) is 6.88. The van der Waals surface area contributed by atoms with Crippen molar-refractivity contribution >= 4 is 39.9 Å². The van der Waals surface area contributed by atoms with E-state index in [1.54, 1.807) is 38.4 Å². The number of hydrogen-bond acceptors (Lipinski definition) is 7. The van der Waals surface area contributed by atoms with Gasteiger partial charge in [0, 0.05) is 29.6 Å². The molecule has 0 aliphatic carbocycles. The normalized spacial score (nSPS) is 14.3. The number of rotatable bonds is 8. The molecule has 0 radical (unpaired) electrons. The quantitative estimate of drug-likeness (QED) is 0.496. The Morgan fingerprint density at radius 1 is 1.21 bits per heavy atom. The van der Waals surface area contributed by atoms with Crippen LogP contribution in [0, 0.1) is 11.7 Å². The Balaban J connectivity index is 1.47. The number of halogens is 2. The fraction of sp³-hybridized carbons (Fsp3) is 0.375. The fourth-order valence-electron chi connectivity index (χ4n) is 3.97. The molecule has 0 bridgehead atoms. The molecule has 1 aliphatic heterocycles. The molecule has 3 aromatic rings.